The Kier molecular flexibility index (Phi) is 4.02. The van der Waals surface area contributed by atoms with Gasteiger partial charge in [-0.15, -0.1) is 0 Å². The van der Waals surface area contributed by atoms with E-state index in [2.05, 4.69) is 25.8 Å². The zero-order valence-corrected chi connectivity index (χ0v) is 12.5. The molecule has 5 nitrogen and oxygen atoms in total. The van der Waals surface area contributed by atoms with E-state index in [9.17, 15) is 14.7 Å². The molecule has 0 radical (unpaired) electrons. The van der Waals surface area contributed by atoms with E-state index in [-0.39, 0.29) is 16.9 Å². The lowest BCUT2D eigenvalue weighted by Crippen LogP contribution is -2.32. The van der Waals surface area contributed by atoms with Crippen molar-refractivity contribution in [2.45, 2.75) is 33.7 Å². The van der Waals surface area contributed by atoms with E-state index in [1.54, 1.807) is 24.3 Å². The van der Waals surface area contributed by atoms with Crippen LogP contribution in [0.2, 0.25) is 0 Å². The highest BCUT2D eigenvalue weighted by atomic mass is 16.3. The Morgan fingerprint density at radius 1 is 1.14 bits per heavy atom. The van der Waals surface area contributed by atoms with Gasteiger partial charge in [0.15, 0.2) is 0 Å². The molecule has 0 saturated carbocycles. The summed E-state index contributed by atoms with van der Waals surface area (Å²) in [5.74, 6) is -0.279. The average molecular weight is 288 g/mol. The molecule has 0 unspecified atom stereocenters. The van der Waals surface area contributed by atoms with Crippen LogP contribution in [0, 0.1) is 5.41 Å². The van der Waals surface area contributed by atoms with E-state index in [1.165, 1.54) is 4.57 Å². The summed E-state index contributed by atoms with van der Waals surface area (Å²) in [4.78, 5) is 26.2. The first-order valence-electron chi connectivity index (χ1n) is 6.91. The van der Waals surface area contributed by atoms with Crippen molar-refractivity contribution in [2.24, 2.45) is 5.41 Å². The molecule has 1 aromatic carbocycles. The maximum absolute atomic E-state index is 12.0. The largest absolute Gasteiger partial charge is 0.494 e. The van der Waals surface area contributed by atoms with Crippen LogP contribution >= 0.6 is 0 Å². The van der Waals surface area contributed by atoms with Crippen LogP contribution in [-0.4, -0.2) is 14.7 Å². The Morgan fingerprint density at radius 3 is 2.33 bits per heavy atom. The van der Waals surface area contributed by atoms with Crippen molar-refractivity contribution < 1.29 is 5.11 Å². The molecule has 0 aliphatic carbocycles. The second-order valence-corrected chi connectivity index (χ2v) is 6.29. The number of benzene rings is 1. The normalized spacial score (nSPS) is 11.6. The minimum absolute atomic E-state index is 0.0227. The highest BCUT2D eigenvalue weighted by Gasteiger charge is 2.17. The summed E-state index contributed by atoms with van der Waals surface area (Å²) in [6, 6.07) is 8.83. The summed E-state index contributed by atoms with van der Waals surface area (Å²) in [5.41, 5.74) is -0.420. The van der Waals surface area contributed by atoms with Gasteiger partial charge >= 0.3 is 5.69 Å². The maximum atomic E-state index is 12.0. The molecule has 0 saturated heterocycles. The van der Waals surface area contributed by atoms with Gasteiger partial charge in [0.1, 0.15) is 5.56 Å². The van der Waals surface area contributed by atoms with Gasteiger partial charge in [0.2, 0.25) is 5.88 Å². The maximum Gasteiger partial charge on any atom is 0.331 e. The Balaban J connectivity index is 2.54. The molecule has 5 heteroatoms. The van der Waals surface area contributed by atoms with E-state index in [1.807, 2.05) is 6.07 Å². The summed E-state index contributed by atoms with van der Waals surface area (Å²) >= 11 is 0. The number of aromatic hydroxyl groups is 1. The quantitative estimate of drug-likeness (QED) is 0.910. The van der Waals surface area contributed by atoms with Crippen molar-refractivity contribution >= 4 is 0 Å². The molecule has 0 bridgehead atoms. The minimum Gasteiger partial charge on any atom is -0.494 e. The van der Waals surface area contributed by atoms with Gasteiger partial charge in [-0.2, -0.15) is 0 Å². The van der Waals surface area contributed by atoms with Gasteiger partial charge in [0.05, 0.1) is 0 Å². The van der Waals surface area contributed by atoms with Crippen LogP contribution in [0.1, 0.15) is 27.2 Å². The van der Waals surface area contributed by atoms with Crippen LogP contribution in [0.15, 0.2) is 39.9 Å². The monoisotopic (exact) mass is 288 g/mol. The molecule has 0 aliphatic heterocycles. The highest BCUT2D eigenvalue weighted by molar-refractivity contribution is 5.67. The highest BCUT2D eigenvalue weighted by Crippen LogP contribution is 2.25. The third-order valence-electron chi connectivity index (χ3n) is 3.32. The summed E-state index contributed by atoms with van der Waals surface area (Å²) in [5, 5.41) is 10.3. The molecule has 0 atom stereocenters. The molecule has 2 rings (SSSR count). The molecule has 0 amide bonds. The number of nitrogens with one attached hydrogen (secondary N) is 1. The van der Waals surface area contributed by atoms with Crippen molar-refractivity contribution in [2.75, 3.05) is 0 Å². The van der Waals surface area contributed by atoms with Crippen LogP contribution in [0.4, 0.5) is 0 Å². The fourth-order valence-electron chi connectivity index (χ4n) is 2.08. The third kappa shape index (κ3) is 3.42. The van der Waals surface area contributed by atoms with Gasteiger partial charge in [-0.05, 0) is 17.4 Å². The lowest BCUT2D eigenvalue weighted by Gasteiger charge is -2.19. The first-order valence-corrected chi connectivity index (χ1v) is 6.91. The summed E-state index contributed by atoms with van der Waals surface area (Å²) in [7, 11) is 0. The van der Waals surface area contributed by atoms with Gasteiger partial charge < -0.3 is 5.11 Å². The Bertz CT molecular complexity index is 737. The number of aromatic amines is 1. The predicted octanol–water partition coefficient (Wildman–Crippen LogP) is 2.35. The lowest BCUT2D eigenvalue weighted by atomic mass is 9.92. The molecule has 112 valence electrons. The van der Waals surface area contributed by atoms with Crippen LogP contribution < -0.4 is 11.2 Å². The van der Waals surface area contributed by atoms with Gasteiger partial charge in [-0.1, -0.05) is 51.1 Å². The first kappa shape index (κ1) is 15.1. The van der Waals surface area contributed by atoms with Crippen LogP contribution in [0.5, 0.6) is 5.88 Å². The number of H-pyrrole nitrogens is 1. The number of nitrogens with zero attached hydrogens (tertiary/aromatic N) is 1. The van der Waals surface area contributed by atoms with Gasteiger partial charge in [0.25, 0.3) is 5.56 Å². The van der Waals surface area contributed by atoms with E-state index in [4.69, 9.17) is 0 Å². The van der Waals surface area contributed by atoms with Crippen molar-refractivity contribution in [1.29, 1.82) is 0 Å². The molecule has 2 N–H and O–H groups in total. The van der Waals surface area contributed by atoms with Crippen LogP contribution in [0.3, 0.4) is 0 Å². The fourth-order valence-corrected chi connectivity index (χ4v) is 2.08. The molecule has 0 spiro atoms. The van der Waals surface area contributed by atoms with Gasteiger partial charge in [-0.25, -0.2) is 4.79 Å². The van der Waals surface area contributed by atoms with Crippen LogP contribution in [0.25, 0.3) is 11.1 Å². The van der Waals surface area contributed by atoms with E-state index in [0.717, 1.165) is 0 Å². The lowest BCUT2D eigenvalue weighted by molar-refractivity contribution is 0.324. The van der Waals surface area contributed by atoms with Crippen molar-refractivity contribution in [3.8, 4) is 17.0 Å². The van der Waals surface area contributed by atoms with E-state index < -0.39 is 11.2 Å². The molecule has 21 heavy (non-hydrogen) atoms. The second-order valence-electron chi connectivity index (χ2n) is 6.29. The predicted molar refractivity (Wildman–Crippen MR) is 82.5 cm³/mol. The summed E-state index contributed by atoms with van der Waals surface area (Å²) < 4.78 is 1.22. The zero-order valence-electron chi connectivity index (χ0n) is 12.5. The standard InChI is InChI=1S/C16H20N2O3/c1-16(2,3)9-10-18-14(20)12(13(19)17-15(18)21)11-7-5-4-6-8-11/h4-8,20H,9-10H2,1-3H3,(H,17,19,21). The van der Waals surface area contributed by atoms with E-state index >= 15 is 0 Å². The average Bonchev–Trinajstić information content (AvgIpc) is 2.37. The summed E-state index contributed by atoms with van der Waals surface area (Å²) in [6.45, 7) is 6.52. The number of rotatable bonds is 3. The molecular weight excluding hydrogens is 268 g/mol. The fraction of sp³-hybridized carbons (Fsp3) is 0.375. The number of hydrogen-bond acceptors (Lipinski definition) is 3. The van der Waals surface area contributed by atoms with E-state index in [0.29, 0.717) is 18.5 Å². The number of hydrogen-bond donors (Lipinski definition) is 2. The minimum atomic E-state index is -0.582. The SMILES string of the molecule is CC(C)(C)CCn1c(O)c(-c2ccccc2)c(=O)[nH]c1=O. The van der Waals surface area contributed by atoms with Gasteiger partial charge in [0, 0.05) is 6.54 Å². The zero-order chi connectivity index (χ0) is 15.6. The van der Waals surface area contributed by atoms with Crippen molar-refractivity contribution in [1.82, 2.24) is 9.55 Å². The van der Waals surface area contributed by atoms with Crippen molar-refractivity contribution in [3.63, 3.8) is 0 Å². The smallest absolute Gasteiger partial charge is 0.331 e. The first-order chi connectivity index (χ1) is 9.79. The van der Waals surface area contributed by atoms with Crippen molar-refractivity contribution in [3.05, 3.63) is 51.2 Å². The Hall–Kier alpha value is -2.30. The second kappa shape index (κ2) is 5.60. The Morgan fingerprint density at radius 2 is 1.76 bits per heavy atom. The number of aromatic nitrogens is 2. The molecule has 0 fully saturated rings. The molecule has 1 heterocycles. The molecule has 0 aliphatic rings. The summed E-state index contributed by atoms with van der Waals surface area (Å²) in [6.07, 6.45) is 0.709. The Labute approximate surface area is 122 Å². The molecular formula is C16H20N2O3. The molecule has 2 aromatic rings. The van der Waals surface area contributed by atoms with Crippen LogP contribution in [-0.2, 0) is 6.54 Å². The molecule has 1 aromatic heterocycles. The van der Waals surface area contributed by atoms with Gasteiger partial charge in [-0.3, -0.25) is 14.3 Å². The third-order valence-corrected chi connectivity index (χ3v) is 3.32. The topological polar surface area (TPSA) is 75.1 Å².